The third-order valence-corrected chi connectivity index (χ3v) is 7.86. The highest BCUT2D eigenvalue weighted by Gasteiger charge is 2.31. The van der Waals surface area contributed by atoms with E-state index in [9.17, 15) is 18.4 Å². The van der Waals surface area contributed by atoms with Gasteiger partial charge in [0.2, 0.25) is 15.9 Å². The van der Waals surface area contributed by atoms with Crippen LogP contribution in [0.15, 0.2) is 53.4 Å². The summed E-state index contributed by atoms with van der Waals surface area (Å²) in [7, 11) is -3.75. The SMILES string of the molecule is Cc1ccccc1CN(CC1CCC(C(=O)N[O-])CC1)S(=O)(=O)c1cccc(Cl)c1. The zero-order valence-electron chi connectivity index (χ0n) is 16.9. The first kappa shape index (κ1) is 22.7. The van der Waals surface area contributed by atoms with Crippen LogP contribution in [0.4, 0.5) is 0 Å². The summed E-state index contributed by atoms with van der Waals surface area (Å²) in [6.07, 6.45) is 2.59. The van der Waals surface area contributed by atoms with Gasteiger partial charge in [0.15, 0.2) is 0 Å². The molecule has 1 N–H and O–H groups in total. The molecule has 8 heteroatoms. The van der Waals surface area contributed by atoms with E-state index >= 15 is 0 Å². The molecule has 0 atom stereocenters. The maximum Gasteiger partial charge on any atom is 0.243 e. The van der Waals surface area contributed by atoms with Crippen molar-refractivity contribution in [3.05, 3.63) is 69.9 Å². The molecule has 1 fully saturated rings. The summed E-state index contributed by atoms with van der Waals surface area (Å²) in [5.74, 6) is -0.636. The lowest BCUT2D eigenvalue weighted by Crippen LogP contribution is -2.37. The first-order valence-electron chi connectivity index (χ1n) is 10.0. The molecule has 6 nitrogen and oxygen atoms in total. The van der Waals surface area contributed by atoms with Crippen LogP contribution >= 0.6 is 11.6 Å². The van der Waals surface area contributed by atoms with Gasteiger partial charge in [-0.25, -0.2) is 8.42 Å². The Morgan fingerprint density at radius 3 is 2.47 bits per heavy atom. The van der Waals surface area contributed by atoms with Gasteiger partial charge in [0.1, 0.15) is 0 Å². The number of nitrogens with zero attached hydrogens (tertiary/aromatic N) is 1. The van der Waals surface area contributed by atoms with Crippen molar-refractivity contribution in [3.8, 4) is 0 Å². The number of benzene rings is 2. The van der Waals surface area contributed by atoms with E-state index in [-0.39, 0.29) is 23.3 Å². The lowest BCUT2D eigenvalue weighted by molar-refractivity contribution is -0.125. The van der Waals surface area contributed by atoms with E-state index in [2.05, 4.69) is 0 Å². The quantitative estimate of drug-likeness (QED) is 0.639. The third kappa shape index (κ3) is 5.40. The molecule has 1 amide bonds. The molecule has 2 aromatic carbocycles. The molecule has 162 valence electrons. The molecular weight excluding hydrogens is 424 g/mol. The minimum Gasteiger partial charge on any atom is -0.759 e. The maximum absolute atomic E-state index is 13.5. The van der Waals surface area contributed by atoms with Crippen molar-refractivity contribution in [3.63, 3.8) is 0 Å². The van der Waals surface area contributed by atoms with Crippen molar-refractivity contribution < 1.29 is 13.2 Å². The average molecular weight is 450 g/mol. The fourth-order valence-electron chi connectivity index (χ4n) is 3.98. The Hall–Kier alpha value is -1.93. The van der Waals surface area contributed by atoms with E-state index in [1.807, 2.05) is 31.2 Å². The lowest BCUT2D eigenvalue weighted by Gasteiger charge is -2.32. The highest BCUT2D eigenvalue weighted by molar-refractivity contribution is 7.89. The number of nitrogens with one attached hydrogen (secondary N) is 1. The molecule has 2 aromatic rings. The lowest BCUT2D eigenvalue weighted by atomic mass is 9.81. The van der Waals surface area contributed by atoms with Gasteiger partial charge >= 0.3 is 0 Å². The fraction of sp³-hybridized carbons (Fsp3) is 0.409. The van der Waals surface area contributed by atoms with Crippen molar-refractivity contribution in [1.82, 2.24) is 9.79 Å². The van der Waals surface area contributed by atoms with Gasteiger partial charge in [0, 0.05) is 24.0 Å². The van der Waals surface area contributed by atoms with E-state index in [0.29, 0.717) is 37.3 Å². The fourth-order valence-corrected chi connectivity index (χ4v) is 5.78. The molecule has 0 spiro atoms. The Labute approximate surface area is 182 Å². The molecule has 1 saturated carbocycles. The number of hydrogen-bond acceptors (Lipinski definition) is 4. The number of carbonyl (C=O) groups is 1. The van der Waals surface area contributed by atoms with Gasteiger partial charge in [0.25, 0.3) is 0 Å². The second-order valence-corrected chi connectivity index (χ2v) is 10.2. The minimum absolute atomic E-state index is 0.124. The molecule has 1 aliphatic carbocycles. The molecule has 0 aliphatic heterocycles. The monoisotopic (exact) mass is 449 g/mol. The van der Waals surface area contributed by atoms with Gasteiger partial charge in [0.05, 0.1) is 4.90 Å². The van der Waals surface area contributed by atoms with Crippen molar-refractivity contribution in [2.75, 3.05) is 6.54 Å². The van der Waals surface area contributed by atoms with Crippen LogP contribution < -0.4 is 5.48 Å². The first-order valence-corrected chi connectivity index (χ1v) is 11.8. The predicted octanol–water partition coefficient (Wildman–Crippen LogP) is 4.26. The van der Waals surface area contributed by atoms with Crippen LogP contribution in [0.1, 0.15) is 36.8 Å². The van der Waals surface area contributed by atoms with Gasteiger partial charge in [-0.3, -0.25) is 4.79 Å². The summed E-state index contributed by atoms with van der Waals surface area (Å²) in [6, 6.07) is 14.0. The molecule has 0 unspecified atom stereocenters. The van der Waals surface area contributed by atoms with Crippen LogP contribution in [0.2, 0.25) is 5.02 Å². The average Bonchev–Trinajstić information content (AvgIpc) is 2.74. The second-order valence-electron chi connectivity index (χ2n) is 7.87. The van der Waals surface area contributed by atoms with Crippen LogP contribution in [0.25, 0.3) is 0 Å². The summed E-state index contributed by atoms with van der Waals surface area (Å²) in [6.45, 7) is 2.59. The number of hydroxylamine groups is 1. The summed E-state index contributed by atoms with van der Waals surface area (Å²) in [4.78, 5) is 11.8. The normalized spacial score (nSPS) is 19.6. The summed E-state index contributed by atoms with van der Waals surface area (Å²) < 4.78 is 28.4. The van der Waals surface area contributed by atoms with Crippen LogP contribution in [0.3, 0.4) is 0 Å². The predicted molar refractivity (Wildman–Crippen MR) is 117 cm³/mol. The van der Waals surface area contributed by atoms with Crippen molar-refractivity contribution >= 4 is 27.5 Å². The summed E-state index contributed by atoms with van der Waals surface area (Å²) in [5.41, 5.74) is 3.45. The molecule has 0 bridgehead atoms. The highest BCUT2D eigenvalue weighted by Crippen LogP contribution is 2.32. The smallest absolute Gasteiger partial charge is 0.243 e. The van der Waals surface area contributed by atoms with Crippen LogP contribution in [0, 0.1) is 24.0 Å². The number of hydrogen-bond donors (Lipinski definition) is 1. The first-order chi connectivity index (χ1) is 14.3. The van der Waals surface area contributed by atoms with Crippen LogP contribution in [-0.2, 0) is 21.4 Å². The number of carbonyl (C=O) groups excluding carboxylic acids is 1. The summed E-state index contributed by atoms with van der Waals surface area (Å²) >= 11 is 6.05. The minimum atomic E-state index is -3.75. The summed E-state index contributed by atoms with van der Waals surface area (Å²) in [5, 5.41) is 11.0. The second kappa shape index (κ2) is 9.92. The molecule has 0 radical (unpaired) electrons. The molecule has 0 aromatic heterocycles. The van der Waals surface area contributed by atoms with Gasteiger partial charge in [-0.1, -0.05) is 41.9 Å². The topological polar surface area (TPSA) is 89.5 Å². The molecule has 3 rings (SSSR count). The van der Waals surface area contributed by atoms with Gasteiger partial charge < -0.3 is 10.7 Å². The van der Waals surface area contributed by atoms with Crippen molar-refractivity contribution in [2.45, 2.75) is 44.0 Å². The standard InChI is InChI=1S/C22H26ClN2O4S/c1-16-5-2-3-6-19(16)15-25(30(28,29)21-8-4-7-20(23)13-21)14-17-9-11-18(12-10-17)22(26)24-27/h2-8,13,17-18H,9-12,14-15H2,1H3,(H-,24,26,27)/q-1. The Kier molecular flexibility index (Phi) is 7.52. The Morgan fingerprint density at radius 1 is 1.13 bits per heavy atom. The van der Waals surface area contributed by atoms with E-state index in [1.54, 1.807) is 18.2 Å². The molecule has 30 heavy (non-hydrogen) atoms. The Morgan fingerprint density at radius 2 is 1.83 bits per heavy atom. The maximum atomic E-state index is 13.5. The number of halogens is 1. The Balaban J connectivity index is 1.83. The third-order valence-electron chi connectivity index (χ3n) is 5.82. The van der Waals surface area contributed by atoms with E-state index in [4.69, 9.17) is 11.6 Å². The Bertz CT molecular complexity index is 988. The molecule has 0 heterocycles. The van der Waals surface area contributed by atoms with E-state index in [1.165, 1.54) is 15.9 Å². The van der Waals surface area contributed by atoms with Gasteiger partial charge in [-0.05, 0) is 67.9 Å². The number of amides is 1. The number of rotatable bonds is 7. The van der Waals surface area contributed by atoms with E-state index in [0.717, 1.165) is 11.1 Å². The van der Waals surface area contributed by atoms with Gasteiger partial charge in [-0.2, -0.15) is 4.31 Å². The molecular formula is C22H26ClN2O4S-. The molecule has 1 aliphatic rings. The van der Waals surface area contributed by atoms with Crippen LogP contribution in [-0.4, -0.2) is 25.2 Å². The largest absolute Gasteiger partial charge is 0.759 e. The number of aryl methyl sites for hydroxylation is 1. The van der Waals surface area contributed by atoms with Crippen molar-refractivity contribution in [1.29, 1.82) is 0 Å². The van der Waals surface area contributed by atoms with Crippen LogP contribution in [0.5, 0.6) is 0 Å². The van der Waals surface area contributed by atoms with Gasteiger partial charge in [-0.15, -0.1) is 0 Å². The zero-order valence-corrected chi connectivity index (χ0v) is 18.5. The molecule has 0 saturated heterocycles. The van der Waals surface area contributed by atoms with E-state index < -0.39 is 15.9 Å². The zero-order chi connectivity index (χ0) is 21.7. The van der Waals surface area contributed by atoms with Crippen molar-refractivity contribution in [2.24, 2.45) is 11.8 Å². The number of sulfonamides is 1. The highest BCUT2D eigenvalue weighted by atomic mass is 35.5.